The van der Waals surface area contributed by atoms with Gasteiger partial charge < -0.3 is 10.1 Å². The first-order valence-corrected chi connectivity index (χ1v) is 8.14. The first kappa shape index (κ1) is 16.9. The second kappa shape index (κ2) is 9.73. The van der Waals surface area contributed by atoms with Gasteiger partial charge in [-0.15, -0.1) is 0 Å². The Bertz CT molecular complexity index is 215. The Balaban J connectivity index is 2.39. The molecule has 0 aromatic heterocycles. The Hall–Kier alpha value is -0.120. The smallest absolute Gasteiger partial charge is 0.0630 e. The molecule has 114 valence electrons. The first-order chi connectivity index (χ1) is 9.22. The first-order valence-electron chi connectivity index (χ1n) is 8.14. The average Bonchev–Trinajstić information content (AvgIpc) is 2.46. The minimum Gasteiger partial charge on any atom is -0.383 e. The van der Waals surface area contributed by atoms with Crippen molar-refractivity contribution in [1.29, 1.82) is 0 Å². The summed E-state index contributed by atoms with van der Waals surface area (Å²) in [4.78, 5) is 2.57. The molecule has 1 atom stereocenters. The van der Waals surface area contributed by atoms with Gasteiger partial charge in [0.15, 0.2) is 0 Å². The van der Waals surface area contributed by atoms with Crippen molar-refractivity contribution in [1.82, 2.24) is 10.2 Å². The Labute approximate surface area is 120 Å². The third-order valence-corrected chi connectivity index (χ3v) is 4.71. The number of nitrogens with one attached hydrogen (secondary N) is 1. The fraction of sp³-hybridized carbons (Fsp3) is 1.00. The molecular formula is C16H34N2O. The molecule has 3 heteroatoms. The third-order valence-electron chi connectivity index (χ3n) is 4.71. The van der Waals surface area contributed by atoms with Gasteiger partial charge in [0.1, 0.15) is 0 Å². The standard InChI is InChI=1S/C16H34N2O/c1-5-11-17-12-16(13-19-4)18(3)15-9-7-14(6-2)8-10-15/h14-17H,5-13H2,1-4H3. The molecule has 0 amide bonds. The third kappa shape index (κ3) is 5.80. The lowest BCUT2D eigenvalue weighted by atomic mass is 9.83. The lowest BCUT2D eigenvalue weighted by Gasteiger charge is -2.39. The zero-order valence-corrected chi connectivity index (χ0v) is 13.5. The SMILES string of the molecule is CCCNCC(COC)N(C)C1CCC(CC)CC1. The second-order valence-electron chi connectivity index (χ2n) is 6.06. The van der Waals surface area contributed by atoms with Crippen molar-refractivity contribution in [3.05, 3.63) is 0 Å². The highest BCUT2D eigenvalue weighted by molar-refractivity contribution is 4.82. The molecule has 0 bridgehead atoms. The van der Waals surface area contributed by atoms with Crippen LogP contribution in [0.3, 0.4) is 0 Å². The van der Waals surface area contributed by atoms with Crippen LogP contribution in [0.25, 0.3) is 0 Å². The summed E-state index contributed by atoms with van der Waals surface area (Å²) in [5.74, 6) is 0.976. The van der Waals surface area contributed by atoms with E-state index < -0.39 is 0 Å². The molecule has 1 aliphatic carbocycles. The van der Waals surface area contributed by atoms with Crippen molar-refractivity contribution in [2.45, 2.75) is 64.5 Å². The monoisotopic (exact) mass is 270 g/mol. The van der Waals surface area contributed by atoms with E-state index >= 15 is 0 Å². The Morgan fingerprint density at radius 2 is 1.89 bits per heavy atom. The van der Waals surface area contributed by atoms with Crippen LogP contribution in [0.1, 0.15) is 52.4 Å². The number of hydrogen-bond acceptors (Lipinski definition) is 3. The van der Waals surface area contributed by atoms with E-state index in [1.165, 1.54) is 38.5 Å². The molecule has 1 saturated carbocycles. The van der Waals surface area contributed by atoms with E-state index in [0.29, 0.717) is 6.04 Å². The summed E-state index contributed by atoms with van der Waals surface area (Å²) in [6.07, 6.45) is 8.11. The number of hydrogen-bond donors (Lipinski definition) is 1. The summed E-state index contributed by atoms with van der Waals surface area (Å²) in [7, 11) is 4.10. The highest BCUT2D eigenvalue weighted by Crippen LogP contribution is 2.29. The number of nitrogens with zero attached hydrogens (tertiary/aromatic N) is 1. The Kier molecular flexibility index (Phi) is 8.67. The number of likely N-dealkylation sites (N-methyl/N-ethyl adjacent to an activating group) is 1. The molecule has 0 spiro atoms. The molecule has 0 aliphatic heterocycles. The highest BCUT2D eigenvalue weighted by Gasteiger charge is 2.27. The second-order valence-corrected chi connectivity index (χ2v) is 6.06. The molecule has 1 unspecified atom stereocenters. The van der Waals surface area contributed by atoms with E-state index in [2.05, 4.69) is 31.1 Å². The molecule has 0 aromatic rings. The molecule has 0 aromatic carbocycles. The van der Waals surface area contributed by atoms with Crippen LogP contribution in [0.5, 0.6) is 0 Å². The summed E-state index contributed by atoms with van der Waals surface area (Å²) >= 11 is 0. The van der Waals surface area contributed by atoms with Crippen LogP contribution < -0.4 is 5.32 Å². The van der Waals surface area contributed by atoms with E-state index in [9.17, 15) is 0 Å². The minimum absolute atomic E-state index is 0.514. The summed E-state index contributed by atoms with van der Waals surface area (Å²) in [5, 5.41) is 3.54. The van der Waals surface area contributed by atoms with Gasteiger partial charge in [0, 0.05) is 25.7 Å². The van der Waals surface area contributed by atoms with Crippen LogP contribution in [0.4, 0.5) is 0 Å². The van der Waals surface area contributed by atoms with Gasteiger partial charge in [-0.3, -0.25) is 4.90 Å². The molecule has 1 fully saturated rings. The van der Waals surface area contributed by atoms with Crippen molar-refractivity contribution in [2.24, 2.45) is 5.92 Å². The summed E-state index contributed by atoms with van der Waals surface area (Å²) in [5.41, 5.74) is 0. The van der Waals surface area contributed by atoms with Gasteiger partial charge in [0.25, 0.3) is 0 Å². The molecule has 0 heterocycles. The van der Waals surface area contributed by atoms with Gasteiger partial charge in [-0.1, -0.05) is 20.3 Å². The lowest BCUT2D eigenvalue weighted by Crippen LogP contribution is -2.49. The molecule has 1 N–H and O–H groups in total. The molecule has 19 heavy (non-hydrogen) atoms. The predicted octanol–water partition coefficient (Wildman–Crippen LogP) is 2.90. The summed E-state index contributed by atoms with van der Waals surface area (Å²) in [6, 6.07) is 1.27. The van der Waals surface area contributed by atoms with Crippen molar-refractivity contribution in [2.75, 3.05) is 33.9 Å². The van der Waals surface area contributed by atoms with E-state index in [1.807, 2.05) is 7.11 Å². The van der Waals surface area contributed by atoms with Gasteiger partial charge in [0.05, 0.1) is 6.61 Å². The number of ether oxygens (including phenoxy) is 1. The topological polar surface area (TPSA) is 24.5 Å². The fourth-order valence-corrected chi connectivity index (χ4v) is 3.22. The van der Waals surface area contributed by atoms with Crippen LogP contribution in [0.2, 0.25) is 0 Å². The van der Waals surface area contributed by atoms with Crippen molar-refractivity contribution in [3.8, 4) is 0 Å². The van der Waals surface area contributed by atoms with Gasteiger partial charge >= 0.3 is 0 Å². The van der Waals surface area contributed by atoms with E-state index in [1.54, 1.807) is 0 Å². The van der Waals surface area contributed by atoms with Crippen molar-refractivity contribution in [3.63, 3.8) is 0 Å². The normalized spacial score (nSPS) is 25.7. The molecule has 1 rings (SSSR count). The van der Waals surface area contributed by atoms with E-state index in [4.69, 9.17) is 4.74 Å². The van der Waals surface area contributed by atoms with Gasteiger partial charge in [-0.2, -0.15) is 0 Å². The molecule has 0 saturated heterocycles. The number of rotatable bonds is 9. The van der Waals surface area contributed by atoms with Crippen LogP contribution >= 0.6 is 0 Å². The fourth-order valence-electron chi connectivity index (χ4n) is 3.22. The van der Waals surface area contributed by atoms with Crippen LogP contribution in [-0.4, -0.2) is 50.8 Å². The number of methoxy groups -OCH3 is 1. The zero-order valence-electron chi connectivity index (χ0n) is 13.5. The minimum atomic E-state index is 0.514. The van der Waals surface area contributed by atoms with Crippen molar-refractivity contribution >= 4 is 0 Å². The van der Waals surface area contributed by atoms with E-state index in [-0.39, 0.29) is 0 Å². The summed E-state index contributed by atoms with van der Waals surface area (Å²) in [6.45, 7) is 7.54. The quantitative estimate of drug-likeness (QED) is 0.652. The van der Waals surface area contributed by atoms with Gasteiger partial charge in [-0.25, -0.2) is 0 Å². The molecular weight excluding hydrogens is 236 g/mol. The molecule has 1 aliphatic rings. The summed E-state index contributed by atoms with van der Waals surface area (Å²) < 4.78 is 5.41. The molecule has 3 nitrogen and oxygen atoms in total. The maximum absolute atomic E-state index is 5.41. The predicted molar refractivity (Wildman–Crippen MR) is 82.6 cm³/mol. The van der Waals surface area contributed by atoms with Crippen LogP contribution in [0.15, 0.2) is 0 Å². The molecule has 0 radical (unpaired) electrons. The van der Waals surface area contributed by atoms with Crippen molar-refractivity contribution < 1.29 is 4.74 Å². The van der Waals surface area contributed by atoms with Crippen LogP contribution in [-0.2, 0) is 4.74 Å². The largest absolute Gasteiger partial charge is 0.383 e. The maximum atomic E-state index is 5.41. The van der Waals surface area contributed by atoms with Gasteiger partial charge in [-0.05, 0) is 51.6 Å². The van der Waals surface area contributed by atoms with Crippen LogP contribution in [0, 0.1) is 5.92 Å². The Morgan fingerprint density at radius 1 is 1.21 bits per heavy atom. The average molecular weight is 270 g/mol. The maximum Gasteiger partial charge on any atom is 0.0630 e. The van der Waals surface area contributed by atoms with Gasteiger partial charge in [0.2, 0.25) is 0 Å². The lowest BCUT2D eigenvalue weighted by molar-refractivity contribution is 0.0597. The Morgan fingerprint density at radius 3 is 2.42 bits per heavy atom. The zero-order chi connectivity index (χ0) is 14.1. The van der Waals surface area contributed by atoms with E-state index in [0.717, 1.165) is 31.7 Å². The highest BCUT2D eigenvalue weighted by atomic mass is 16.5.